The van der Waals surface area contributed by atoms with Gasteiger partial charge in [0.05, 0.1) is 7.11 Å². The third-order valence-electron chi connectivity index (χ3n) is 4.07. The van der Waals surface area contributed by atoms with Crippen LogP contribution in [-0.4, -0.2) is 22.5 Å². The number of aromatic nitrogens is 2. The van der Waals surface area contributed by atoms with Crippen molar-refractivity contribution >= 4 is 16.3 Å². The monoisotopic (exact) mass is 299 g/mol. The molecule has 0 saturated heterocycles. The molecule has 0 amide bonds. The summed E-state index contributed by atoms with van der Waals surface area (Å²) in [4.78, 5) is 5.47. The minimum atomic E-state index is 0.557. The van der Waals surface area contributed by atoms with Crippen molar-refractivity contribution in [2.75, 3.05) is 7.11 Å². The SMILES string of the molecule is COc1nc2sccn2c1CNC1CC1c1ccccc1. The minimum absolute atomic E-state index is 0.557. The quantitative estimate of drug-likeness (QED) is 0.787. The first kappa shape index (κ1) is 12.9. The highest BCUT2D eigenvalue weighted by Gasteiger charge is 2.37. The summed E-state index contributed by atoms with van der Waals surface area (Å²) in [7, 11) is 1.68. The van der Waals surface area contributed by atoms with Gasteiger partial charge >= 0.3 is 0 Å². The zero-order chi connectivity index (χ0) is 14.2. The molecule has 3 aromatic rings. The first-order chi connectivity index (χ1) is 10.4. The largest absolute Gasteiger partial charge is 0.480 e. The second kappa shape index (κ2) is 5.16. The molecule has 2 atom stereocenters. The second-order valence-corrected chi connectivity index (χ2v) is 6.24. The van der Waals surface area contributed by atoms with Crippen molar-refractivity contribution < 1.29 is 4.74 Å². The van der Waals surface area contributed by atoms with Gasteiger partial charge in [-0.2, -0.15) is 4.98 Å². The highest BCUT2D eigenvalue weighted by molar-refractivity contribution is 7.15. The first-order valence-electron chi connectivity index (χ1n) is 7.13. The summed E-state index contributed by atoms with van der Waals surface area (Å²) in [5.41, 5.74) is 2.53. The van der Waals surface area contributed by atoms with Crippen LogP contribution >= 0.6 is 11.3 Å². The van der Waals surface area contributed by atoms with Crippen LogP contribution in [-0.2, 0) is 6.54 Å². The smallest absolute Gasteiger partial charge is 0.237 e. The maximum atomic E-state index is 5.39. The normalized spacial score (nSPS) is 20.8. The number of hydrogen-bond acceptors (Lipinski definition) is 4. The van der Waals surface area contributed by atoms with Crippen molar-refractivity contribution in [2.24, 2.45) is 0 Å². The molecule has 21 heavy (non-hydrogen) atoms. The van der Waals surface area contributed by atoms with Crippen molar-refractivity contribution in [3.8, 4) is 5.88 Å². The topological polar surface area (TPSA) is 38.6 Å². The van der Waals surface area contributed by atoms with Gasteiger partial charge in [0.25, 0.3) is 0 Å². The van der Waals surface area contributed by atoms with Crippen LogP contribution in [0.1, 0.15) is 23.6 Å². The number of nitrogens with one attached hydrogen (secondary N) is 1. The van der Waals surface area contributed by atoms with E-state index in [-0.39, 0.29) is 0 Å². The Hall–Kier alpha value is -1.85. The Morgan fingerprint density at radius 3 is 3.05 bits per heavy atom. The molecule has 1 saturated carbocycles. The van der Waals surface area contributed by atoms with Crippen LogP contribution in [0.4, 0.5) is 0 Å². The molecule has 1 aliphatic carbocycles. The van der Waals surface area contributed by atoms with Crippen molar-refractivity contribution in [1.29, 1.82) is 0 Å². The van der Waals surface area contributed by atoms with Gasteiger partial charge in [-0.05, 0) is 12.0 Å². The Kier molecular flexibility index (Phi) is 3.16. The minimum Gasteiger partial charge on any atom is -0.480 e. The standard InChI is InChI=1S/C16H17N3OS/c1-20-15-14(19-7-8-21-16(19)18-15)10-17-13-9-12(13)11-5-3-2-4-6-11/h2-8,12-13,17H,9-10H2,1H3. The molecule has 0 aliphatic heterocycles. The molecular weight excluding hydrogens is 282 g/mol. The number of imidazole rings is 1. The Balaban J connectivity index is 1.46. The number of nitrogens with zero attached hydrogens (tertiary/aromatic N) is 2. The van der Waals surface area contributed by atoms with Crippen LogP contribution < -0.4 is 10.1 Å². The number of ether oxygens (including phenoxy) is 1. The molecule has 0 bridgehead atoms. The lowest BCUT2D eigenvalue weighted by Gasteiger charge is -2.05. The molecule has 2 aromatic heterocycles. The lowest BCUT2D eigenvalue weighted by Crippen LogP contribution is -2.18. The number of thiazole rings is 1. The highest BCUT2D eigenvalue weighted by Crippen LogP contribution is 2.41. The van der Waals surface area contributed by atoms with Crippen LogP contribution in [0.15, 0.2) is 41.9 Å². The van der Waals surface area contributed by atoms with E-state index in [1.807, 2.05) is 6.20 Å². The van der Waals surface area contributed by atoms with Gasteiger partial charge in [0, 0.05) is 30.1 Å². The molecule has 1 aromatic carbocycles. The number of benzene rings is 1. The third kappa shape index (κ3) is 2.32. The van der Waals surface area contributed by atoms with E-state index in [9.17, 15) is 0 Å². The van der Waals surface area contributed by atoms with E-state index in [0.717, 1.165) is 23.1 Å². The van der Waals surface area contributed by atoms with E-state index in [1.54, 1.807) is 18.4 Å². The summed E-state index contributed by atoms with van der Waals surface area (Å²) in [5, 5.41) is 5.68. The average molecular weight is 299 g/mol. The van der Waals surface area contributed by atoms with Crippen LogP contribution in [0.2, 0.25) is 0 Å². The molecule has 108 valence electrons. The van der Waals surface area contributed by atoms with Gasteiger partial charge in [-0.3, -0.25) is 4.40 Å². The maximum absolute atomic E-state index is 5.39. The lowest BCUT2D eigenvalue weighted by molar-refractivity contribution is 0.392. The Morgan fingerprint density at radius 2 is 2.24 bits per heavy atom. The Bertz CT molecular complexity index is 749. The third-order valence-corrected chi connectivity index (χ3v) is 4.82. The molecule has 5 heteroatoms. The highest BCUT2D eigenvalue weighted by atomic mass is 32.1. The zero-order valence-corrected chi connectivity index (χ0v) is 12.6. The fourth-order valence-corrected chi connectivity index (χ4v) is 3.58. The van der Waals surface area contributed by atoms with Gasteiger partial charge in [-0.25, -0.2) is 0 Å². The predicted molar refractivity (Wildman–Crippen MR) is 84.0 cm³/mol. The van der Waals surface area contributed by atoms with E-state index in [2.05, 4.69) is 50.4 Å². The van der Waals surface area contributed by atoms with Gasteiger partial charge in [-0.15, -0.1) is 11.3 Å². The van der Waals surface area contributed by atoms with Crippen molar-refractivity contribution in [1.82, 2.24) is 14.7 Å². The summed E-state index contributed by atoms with van der Waals surface area (Å²) in [5.74, 6) is 1.37. The van der Waals surface area contributed by atoms with Crippen molar-refractivity contribution in [3.05, 3.63) is 53.2 Å². The van der Waals surface area contributed by atoms with Gasteiger partial charge in [-0.1, -0.05) is 30.3 Å². The molecule has 2 unspecified atom stereocenters. The first-order valence-corrected chi connectivity index (χ1v) is 8.01. The van der Waals surface area contributed by atoms with Crippen molar-refractivity contribution in [3.63, 3.8) is 0 Å². The van der Waals surface area contributed by atoms with Crippen LogP contribution in [0.25, 0.3) is 4.96 Å². The zero-order valence-electron chi connectivity index (χ0n) is 11.8. The Morgan fingerprint density at radius 1 is 1.38 bits per heavy atom. The molecular formula is C16H17N3OS. The summed E-state index contributed by atoms with van der Waals surface area (Å²) < 4.78 is 7.50. The fourth-order valence-electron chi connectivity index (χ4n) is 2.85. The summed E-state index contributed by atoms with van der Waals surface area (Å²) in [6, 6.07) is 11.3. The van der Waals surface area contributed by atoms with Crippen LogP contribution in [0.5, 0.6) is 5.88 Å². The van der Waals surface area contributed by atoms with E-state index >= 15 is 0 Å². The van der Waals surface area contributed by atoms with E-state index in [1.165, 1.54) is 12.0 Å². The molecule has 4 nitrogen and oxygen atoms in total. The number of rotatable bonds is 5. The molecule has 1 fully saturated rings. The molecule has 0 radical (unpaired) electrons. The Labute approximate surface area is 127 Å². The molecule has 1 N–H and O–H groups in total. The van der Waals surface area contributed by atoms with Gasteiger partial charge in [0.15, 0.2) is 4.96 Å². The second-order valence-electron chi connectivity index (χ2n) is 5.36. The van der Waals surface area contributed by atoms with Crippen LogP contribution in [0.3, 0.4) is 0 Å². The van der Waals surface area contributed by atoms with Gasteiger partial charge in [0.2, 0.25) is 5.88 Å². The van der Waals surface area contributed by atoms with E-state index < -0.39 is 0 Å². The summed E-state index contributed by atoms with van der Waals surface area (Å²) >= 11 is 1.63. The summed E-state index contributed by atoms with van der Waals surface area (Å²) in [6.07, 6.45) is 3.26. The van der Waals surface area contributed by atoms with Crippen molar-refractivity contribution in [2.45, 2.75) is 24.9 Å². The fraction of sp³-hybridized carbons (Fsp3) is 0.312. The lowest BCUT2D eigenvalue weighted by atomic mass is 10.1. The summed E-state index contributed by atoms with van der Waals surface area (Å²) in [6.45, 7) is 0.787. The maximum Gasteiger partial charge on any atom is 0.237 e. The number of methoxy groups -OCH3 is 1. The molecule has 0 spiro atoms. The number of hydrogen-bond donors (Lipinski definition) is 1. The molecule has 1 aliphatic rings. The average Bonchev–Trinajstić information content (AvgIpc) is 3.02. The predicted octanol–water partition coefficient (Wildman–Crippen LogP) is 3.05. The van der Waals surface area contributed by atoms with E-state index in [0.29, 0.717) is 12.0 Å². The van der Waals surface area contributed by atoms with Gasteiger partial charge < -0.3 is 10.1 Å². The van der Waals surface area contributed by atoms with Gasteiger partial charge in [0.1, 0.15) is 5.69 Å². The number of fused-ring (bicyclic) bond motifs is 1. The van der Waals surface area contributed by atoms with Crippen LogP contribution in [0, 0.1) is 0 Å². The molecule has 4 rings (SSSR count). The molecule has 2 heterocycles. The van der Waals surface area contributed by atoms with E-state index in [4.69, 9.17) is 4.74 Å².